The molecule has 1 aromatic carbocycles. The van der Waals surface area contributed by atoms with E-state index in [1.54, 1.807) is 0 Å². The standard InChI is InChI=1S/C7H4BrF2NO2/c8-6-1-4(11(12)13)2-7(10)5(6)3-9/h1-2H,3H2. The number of nitrogens with zero attached hydrogens (tertiary/aromatic N) is 1. The molecule has 0 spiro atoms. The number of hydrogen-bond donors (Lipinski definition) is 0. The van der Waals surface area contributed by atoms with Crippen LogP contribution in [-0.4, -0.2) is 4.92 Å². The monoisotopic (exact) mass is 251 g/mol. The van der Waals surface area contributed by atoms with E-state index in [1.165, 1.54) is 0 Å². The predicted octanol–water partition coefficient (Wildman–Crippen LogP) is 2.97. The number of benzene rings is 1. The van der Waals surface area contributed by atoms with Crippen LogP contribution < -0.4 is 0 Å². The largest absolute Gasteiger partial charge is 0.273 e. The third-order valence-corrected chi connectivity index (χ3v) is 2.18. The van der Waals surface area contributed by atoms with Gasteiger partial charge in [0.05, 0.1) is 11.0 Å². The van der Waals surface area contributed by atoms with Crippen molar-refractivity contribution < 1.29 is 13.7 Å². The molecule has 1 aromatic rings. The lowest BCUT2D eigenvalue weighted by Gasteiger charge is -2.00. The third kappa shape index (κ3) is 2.00. The van der Waals surface area contributed by atoms with Gasteiger partial charge in [-0.3, -0.25) is 10.1 Å². The maximum absolute atomic E-state index is 12.9. The Hall–Kier alpha value is -1.04. The highest BCUT2D eigenvalue weighted by Crippen LogP contribution is 2.26. The van der Waals surface area contributed by atoms with Crippen molar-refractivity contribution in [2.45, 2.75) is 6.67 Å². The number of alkyl halides is 1. The van der Waals surface area contributed by atoms with Crippen molar-refractivity contribution in [3.05, 3.63) is 38.1 Å². The van der Waals surface area contributed by atoms with E-state index in [-0.39, 0.29) is 10.0 Å². The lowest BCUT2D eigenvalue weighted by atomic mass is 10.2. The highest BCUT2D eigenvalue weighted by atomic mass is 79.9. The molecular weight excluding hydrogens is 248 g/mol. The minimum Gasteiger partial charge on any atom is -0.258 e. The number of nitro benzene ring substituents is 1. The molecule has 0 heterocycles. The predicted molar refractivity (Wildman–Crippen MR) is 45.6 cm³/mol. The molecule has 0 aliphatic carbocycles. The molecular formula is C7H4BrF2NO2. The summed E-state index contributed by atoms with van der Waals surface area (Å²) >= 11 is 2.84. The second kappa shape index (κ2) is 3.78. The van der Waals surface area contributed by atoms with Gasteiger partial charge in [0.25, 0.3) is 5.69 Å². The van der Waals surface area contributed by atoms with Crippen molar-refractivity contribution in [3.8, 4) is 0 Å². The van der Waals surface area contributed by atoms with E-state index < -0.39 is 23.1 Å². The maximum Gasteiger partial charge on any atom is 0.273 e. The smallest absolute Gasteiger partial charge is 0.258 e. The average molecular weight is 252 g/mol. The Kier molecular flexibility index (Phi) is 2.92. The van der Waals surface area contributed by atoms with Gasteiger partial charge in [-0.05, 0) is 0 Å². The highest BCUT2D eigenvalue weighted by Gasteiger charge is 2.14. The Morgan fingerprint density at radius 2 is 2.15 bits per heavy atom. The van der Waals surface area contributed by atoms with Crippen molar-refractivity contribution in [3.63, 3.8) is 0 Å². The van der Waals surface area contributed by atoms with Crippen LogP contribution in [0.2, 0.25) is 0 Å². The molecule has 70 valence electrons. The average Bonchev–Trinajstić information content (AvgIpc) is 2.03. The first kappa shape index (κ1) is 10.0. The minimum absolute atomic E-state index is 0.0710. The van der Waals surface area contributed by atoms with Gasteiger partial charge >= 0.3 is 0 Å². The fourth-order valence-corrected chi connectivity index (χ4v) is 1.35. The maximum atomic E-state index is 12.9. The molecule has 0 fully saturated rings. The van der Waals surface area contributed by atoms with Gasteiger partial charge in [0.1, 0.15) is 12.5 Å². The van der Waals surface area contributed by atoms with E-state index in [0.29, 0.717) is 6.07 Å². The zero-order valence-corrected chi connectivity index (χ0v) is 7.85. The molecule has 0 aromatic heterocycles. The molecule has 0 aliphatic heterocycles. The van der Waals surface area contributed by atoms with Crippen LogP contribution in [0.5, 0.6) is 0 Å². The van der Waals surface area contributed by atoms with Crippen molar-refractivity contribution in [2.75, 3.05) is 0 Å². The van der Waals surface area contributed by atoms with E-state index in [4.69, 9.17) is 0 Å². The van der Waals surface area contributed by atoms with Gasteiger partial charge in [-0.2, -0.15) is 0 Å². The highest BCUT2D eigenvalue weighted by molar-refractivity contribution is 9.10. The van der Waals surface area contributed by atoms with Gasteiger partial charge in [0.15, 0.2) is 0 Å². The van der Waals surface area contributed by atoms with Gasteiger partial charge in [-0.25, -0.2) is 8.78 Å². The van der Waals surface area contributed by atoms with Crippen LogP contribution in [0, 0.1) is 15.9 Å². The third-order valence-electron chi connectivity index (χ3n) is 1.47. The lowest BCUT2D eigenvalue weighted by molar-refractivity contribution is -0.385. The zero-order valence-electron chi connectivity index (χ0n) is 6.26. The number of halogens is 3. The first-order chi connectivity index (χ1) is 6.06. The van der Waals surface area contributed by atoms with Gasteiger partial charge in [0, 0.05) is 16.1 Å². The van der Waals surface area contributed by atoms with Crippen molar-refractivity contribution >= 4 is 21.6 Å². The van der Waals surface area contributed by atoms with Crippen LogP contribution in [0.15, 0.2) is 16.6 Å². The number of rotatable bonds is 2. The van der Waals surface area contributed by atoms with Crippen LogP contribution >= 0.6 is 15.9 Å². The number of hydrogen-bond acceptors (Lipinski definition) is 2. The summed E-state index contributed by atoms with van der Waals surface area (Å²) in [7, 11) is 0. The molecule has 3 nitrogen and oxygen atoms in total. The van der Waals surface area contributed by atoms with Gasteiger partial charge in [-0.1, -0.05) is 15.9 Å². The summed E-state index contributed by atoms with van der Waals surface area (Å²) < 4.78 is 25.1. The Morgan fingerprint density at radius 3 is 2.54 bits per heavy atom. The Morgan fingerprint density at radius 1 is 1.54 bits per heavy atom. The summed E-state index contributed by atoms with van der Waals surface area (Å²) in [6, 6.07) is 1.76. The van der Waals surface area contributed by atoms with E-state index in [0.717, 1.165) is 6.07 Å². The second-order valence-electron chi connectivity index (χ2n) is 2.28. The first-order valence-electron chi connectivity index (χ1n) is 3.24. The summed E-state index contributed by atoms with van der Waals surface area (Å²) in [6.07, 6.45) is 0. The summed E-state index contributed by atoms with van der Waals surface area (Å²) in [4.78, 5) is 9.49. The van der Waals surface area contributed by atoms with E-state index in [1.807, 2.05) is 0 Å². The molecule has 6 heteroatoms. The van der Waals surface area contributed by atoms with Crippen molar-refractivity contribution in [2.24, 2.45) is 0 Å². The van der Waals surface area contributed by atoms with Gasteiger partial charge in [-0.15, -0.1) is 0 Å². The minimum atomic E-state index is -0.996. The second-order valence-corrected chi connectivity index (χ2v) is 3.13. The van der Waals surface area contributed by atoms with Crippen LogP contribution in [0.3, 0.4) is 0 Å². The van der Waals surface area contributed by atoms with Crippen LogP contribution in [0.25, 0.3) is 0 Å². The van der Waals surface area contributed by atoms with Crippen LogP contribution in [-0.2, 0) is 6.67 Å². The summed E-state index contributed by atoms with van der Waals surface area (Å²) in [5.74, 6) is -0.913. The molecule has 0 bridgehead atoms. The Balaban J connectivity index is 3.28. The van der Waals surface area contributed by atoms with Crippen molar-refractivity contribution in [1.29, 1.82) is 0 Å². The SMILES string of the molecule is O=[N+]([O-])c1cc(F)c(CF)c(Br)c1. The Bertz CT molecular complexity index is 333. The molecule has 0 unspecified atom stereocenters. The molecule has 0 aliphatic rings. The Labute approximate surface area is 80.6 Å². The fourth-order valence-electron chi connectivity index (χ4n) is 0.823. The molecule has 13 heavy (non-hydrogen) atoms. The molecule has 1 rings (SSSR count). The lowest BCUT2D eigenvalue weighted by Crippen LogP contribution is -1.94. The summed E-state index contributed by atoms with van der Waals surface area (Å²) in [6.45, 7) is -0.996. The van der Waals surface area contributed by atoms with Crippen LogP contribution in [0.4, 0.5) is 14.5 Å². The molecule has 0 amide bonds. The molecule has 0 radical (unpaired) electrons. The molecule has 0 N–H and O–H groups in total. The summed E-state index contributed by atoms with van der Waals surface area (Å²) in [5, 5.41) is 10.2. The summed E-state index contributed by atoms with van der Waals surface area (Å²) in [5.41, 5.74) is -0.604. The quantitative estimate of drug-likeness (QED) is 0.599. The van der Waals surface area contributed by atoms with E-state index in [9.17, 15) is 18.9 Å². The van der Waals surface area contributed by atoms with E-state index in [2.05, 4.69) is 15.9 Å². The normalized spacial score (nSPS) is 10.1. The van der Waals surface area contributed by atoms with Gasteiger partial charge < -0.3 is 0 Å². The first-order valence-corrected chi connectivity index (χ1v) is 4.04. The van der Waals surface area contributed by atoms with Crippen LogP contribution in [0.1, 0.15) is 5.56 Å². The van der Waals surface area contributed by atoms with Gasteiger partial charge in [0.2, 0.25) is 0 Å². The van der Waals surface area contributed by atoms with Crippen molar-refractivity contribution in [1.82, 2.24) is 0 Å². The number of non-ortho nitro benzene ring substituents is 1. The fraction of sp³-hybridized carbons (Fsp3) is 0.143. The molecule has 0 atom stereocenters. The topological polar surface area (TPSA) is 43.1 Å². The van der Waals surface area contributed by atoms with E-state index >= 15 is 0 Å². The molecule has 0 saturated heterocycles. The number of nitro groups is 1. The molecule has 0 saturated carbocycles. The zero-order chi connectivity index (χ0) is 10.0.